The molecule has 1 aliphatic heterocycles. The molecule has 0 atom stereocenters. The Morgan fingerprint density at radius 2 is 2.07 bits per heavy atom. The number of hydrogen-bond donors (Lipinski definition) is 2. The Morgan fingerprint density at radius 3 is 2.79 bits per heavy atom. The number of aliphatic hydroxyl groups excluding tert-OH is 1. The van der Waals surface area contributed by atoms with Crippen molar-refractivity contribution in [2.24, 2.45) is 0 Å². The van der Waals surface area contributed by atoms with Crippen molar-refractivity contribution < 1.29 is 14.7 Å². The zero-order chi connectivity index (χ0) is 20.6. The minimum absolute atomic E-state index is 0.250. The van der Waals surface area contributed by atoms with Crippen molar-refractivity contribution in [2.75, 3.05) is 37.0 Å². The lowest BCUT2D eigenvalue weighted by Gasteiger charge is -2.28. The topological polar surface area (TPSA) is 78.8 Å². The highest BCUT2D eigenvalue weighted by Crippen LogP contribution is 2.26. The number of nitrogens with one attached hydrogen (secondary N) is 1. The standard InChI is InChI=1S/C18H22BrN6O.C2H6O/c1-26-24-9-5-6-14(13-24)11-20-16-10-17(23-7-3-2-4-8-23)22-18-15(19)12-21-25(16)18;1-2-3/h5-6,9-10,12-13,20H,2-4,7-8,11H2,1H3;3H,2H2,1H3/q+1;. The lowest BCUT2D eigenvalue weighted by atomic mass is 10.1. The van der Waals surface area contributed by atoms with Gasteiger partial charge in [-0.3, -0.25) is 4.84 Å². The summed E-state index contributed by atoms with van der Waals surface area (Å²) in [4.78, 5) is 12.4. The van der Waals surface area contributed by atoms with E-state index >= 15 is 0 Å². The highest BCUT2D eigenvalue weighted by atomic mass is 79.9. The van der Waals surface area contributed by atoms with Crippen molar-refractivity contribution in [1.82, 2.24) is 14.6 Å². The van der Waals surface area contributed by atoms with Crippen LogP contribution in [-0.2, 0) is 6.54 Å². The second kappa shape index (κ2) is 10.4. The molecular formula is C20H28BrN6O2+. The lowest BCUT2D eigenvalue weighted by molar-refractivity contribution is -0.885. The van der Waals surface area contributed by atoms with Gasteiger partial charge < -0.3 is 15.3 Å². The smallest absolute Gasteiger partial charge is 0.227 e. The Hall–Kier alpha value is -2.39. The largest absolute Gasteiger partial charge is 0.397 e. The molecule has 0 amide bonds. The van der Waals surface area contributed by atoms with E-state index in [1.54, 1.807) is 25.0 Å². The van der Waals surface area contributed by atoms with Gasteiger partial charge in [0.15, 0.2) is 5.65 Å². The van der Waals surface area contributed by atoms with Crippen LogP contribution in [0, 0.1) is 0 Å². The highest BCUT2D eigenvalue weighted by Gasteiger charge is 2.17. The lowest BCUT2D eigenvalue weighted by Crippen LogP contribution is -2.40. The molecule has 9 heteroatoms. The Balaban J connectivity index is 0.000000755. The molecule has 0 bridgehead atoms. The molecule has 1 fully saturated rings. The van der Waals surface area contributed by atoms with Gasteiger partial charge in [-0.05, 0) is 48.2 Å². The van der Waals surface area contributed by atoms with Crippen molar-refractivity contribution in [3.8, 4) is 0 Å². The van der Waals surface area contributed by atoms with Gasteiger partial charge in [0.25, 0.3) is 0 Å². The van der Waals surface area contributed by atoms with Gasteiger partial charge in [-0.25, -0.2) is 4.98 Å². The monoisotopic (exact) mass is 463 g/mol. The van der Waals surface area contributed by atoms with Crippen LogP contribution in [-0.4, -0.2) is 46.5 Å². The van der Waals surface area contributed by atoms with E-state index in [1.807, 2.05) is 23.0 Å². The third-order valence-electron chi connectivity index (χ3n) is 4.62. The van der Waals surface area contributed by atoms with Crippen LogP contribution in [0.1, 0.15) is 31.7 Å². The Kier molecular flexibility index (Phi) is 7.65. The van der Waals surface area contributed by atoms with Crippen LogP contribution in [0.5, 0.6) is 0 Å². The Bertz CT molecular complexity index is 926. The molecule has 0 unspecified atom stereocenters. The summed E-state index contributed by atoms with van der Waals surface area (Å²) in [6.45, 7) is 4.71. The van der Waals surface area contributed by atoms with Gasteiger partial charge in [-0.2, -0.15) is 9.61 Å². The first-order valence-corrected chi connectivity index (χ1v) is 10.6. The van der Waals surface area contributed by atoms with E-state index in [4.69, 9.17) is 14.9 Å². The van der Waals surface area contributed by atoms with Gasteiger partial charge in [0.1, 0.15) is 18.7 Å². The first-order chi connectivity index (χ1) is 14.2. The summed E-state index contributed by atoms with van der Waals surface area (Å²) in [5.74, 6) is 1.93. The van der Waals surface area contributed by atoms with E-state index in [9.17, 15) is 0 Å². The van der Waals surface area contributed by atoms with Crippen LogP contribution in [0.3, 0.4) is 0 Å². The molecule has 29 heavy (non-hydrogen) atoms. The van der Waals surface area contributed by atoms with Crippen molar-refractivity contribution in [2.45, 2.75) is 32.7 Å². The maximum Gasteiger partial charge on any atom is 0.227 e. The van der Waals surface area contributed by atoms with E-state index in [-0.39, 0.29) is 6.61 Å². The summed E-state index contributed by atoms with van der Waals surface area (Å²) in [5, 5.41) is 15.5. The second-order valence-electron chi connectivity index (χ2n) is 6.70. The minimum Gasteiger partial charge on any atom is -0.397 e. The maximum atomic E-state index is 7.57. The molecule has 8 nitrogen and oxygen atoms in total. The molecule has 1 saturated heterocycles. The molecule has 0 aromatic carbocycles. The summed E-state index contributed by atoms with van der Waals surface area (Å²) < 4.78 is 4.42. The van der Waals surface area contributed by atoms with Crippen molar-refractivity contribution in [3.63, 3.8) is 0 Å². The molecule has 0 aliphatic carbocycles. The molecular weight excluding hydrogens is 436 g/mol. The van der Waals surface area contributed by atoms with Crippen LogP contribution in [0.4, 0.5) is 11.6 Å². The van der Waals surface area contributed by atoms with Gasteiger partial charge in [-0.15, -0.1) is 0 Å². The molecule has 4 heterocycles. The molecule has 0 radical (unpaired) electrons. The average molecular weight is 464 g/mol. The number of aliphatic hydroxyl groups is 1. The quantitative estimate of drug-likeness (QED) is 0.565. The van der Waals surface area contributed by atoms with Crippen LogP contribution >= 0.6 is 15.9 Å². The molecule has 3 aromatic heterocycles. The normalized spacial score (nSPS) is 13.7. The summed E-state index contributed by atoms with van der Waals surface area (Å²) >= 11 is 3.56. The summed E-state index contributed by atoms with van der Waals surface area (Å²) in [6, 6.07) is 6.11. The first-order valence-electron chi connectivity index (χ1n) is 9.85. The number of nitrogens with zero attached hydrogens (tertiary/aromatic N) is 5. The minimum atomic E-state index is 0.250. The highest BCUT2D eigenvalue weighted by molar-refractivity contribution is 9.10. The zero-order valence-corrected chi connectivity index (χ0v) is 18.5. The van der Waals surface area contributed by atoms with Crippen LogP contribution in [0.2, 0.25) is 0 Å². The summed E-state index contributed by atoms with van der Waals surface area (Å²) in [5.41, 5.74) is 1.95. The van der Waals surface area contributed by atoms with Gasteiger partial charge >= 0.3 is 0 Å². The number of halogens is 1. The van der Waals surface area contributed by atoms with E-state index in [0.717, 1.165) is 40.4 Å². The summed E-state index contributed by atoms with van der Waals surface area (Å²) in [7, 11) is 1.65. The molecule has 4 rings (SSSR count). The number of rotatable bonds is 5. The molecule has 3 aromatic rings. The second-order valence-corrected chi connectivity index (χ2v) is 7.55. The number of fused-ring (bicyclic) bond motifs is 1. The van der Waals surface area contributed by atoms with Gasteiger partial charge in [0, 0.05) is 48.7 Å². The van der Waals surface area contributed by atoms with Crippen molar-refractivity contribution >= 4 is 33.2 Å². The van der Waals surface area contributed by atoms with E-state index in [0.29, 0.717) is 6.54 Å². The van der Waals surface area contributed by atoms with Crippen molar-refractivity contribution in [3.05, 3.63) is 46.8 Å². The average Bonchev–Trinajstić information content (AvgIpc) is 3.14. The van der Waals surface area contributed by atoms with Gasteiger partial charge in [-0.1, -0.05) is 0 Å². The van der Waals surface area contributed by atoms with Crippen LogP contribution in [0.15, 0.2) is 41.3 Å². The fourth-order valence-corrected chi connectivity index (χ4v) is 3.59. The van der Waals surface area contributed by atoms with Crippen LogP contribution in [0.25, 0.3) is 5.65 Å². The molecule has 1 aliphatic rings. The Labute approximate surface area is 179 Å². The molecule has 156 valence electrons. The third-order valence-corrected chi connectivity index (χ3v) is 5.18. The SMILES string of the molecule is CCO.CO[n+]1cccc(CNc2cc(N3CCCCC3)nc3c(Br)cnn23)c1. The number of aromatic nitrogens is 4. The van der Waals surface area contributed by atoms with Gasteiger partial charge in [0.05, 0.1) is 10.7 Å². The number of pyridine rings is 1. The third kappa shape index (κ3) is 5.36. The number of hydrogen-bond acceptors (Lipinski definition) is 6. The van der Waals surface area contributed by atoms with E-state index in [1.165, 1.54) is 19.3 Å². The maximum absolute atomic E-state index is 7.57. The van der Waals surface area contributed by atoms with Gasteiger partial charge in [0.2, 0.25) is 12.4 Å². The fraction of sp³-hybridized carbons (Fsp3) is 0.450. The Morgan fingerprint density at radius 1 is 1.31 bits per heavy atom. The van der Waals surface area contributed by atoms with Crippen LogP contribution < -0.4 is 19.8 Å². The number of anilines is 2. The predicted molar refractivity (Wildman–Crippen MR) is 116 cm³/mol. The van der Waals surface area contributed by atoms with Crippen molar-refractivity contribution in [1.29, 1.82) is 0 Å². The molecule has 0 spiro atoms. The predicted octanol–water partition coefficient (Wildman–Crippen LogP) is 2.44. The zero-order valence-electron chi connectivity index (χ0n) is 16.9. The van der Waals surface area contributed by atoms with E-state index < -0.39 is 0 Å². The summed E-state index contributed by atoms with van der Waals surface area (Å²) in [6.07, 6.45) is 9.35. The molecule has 0 saturated carbocycles. The number of piperidine rings is 1. The molecule has 2 N–H and O–H groups in total. The fourth-order valence-electron chi connectivity index (χ4n) is 3.25. The first kappa shape index (κ1) is 21.3. The van der Waals surface area contributed by atoms with E-state index in [2.05, 4.69) is 43.4 Å².